The summed E-state index contributed by atoms with van der Waals surface area (Å²) in [6.07, 6.45) is 9.00. The van der Waals surface area contributed by atoms with Crippen LogP contribution in [0.3, 0.4) is 0 Å². The monoisotopic (exact) mass is 209 g/mol. The van der Waals surface area contributed by atoms with Gasteiger partial charge in [0.1, 0.15) is 0 Å². The molecule has 2 heteroatoms. The van der Waals surface area contributed by atoms with Gasteiger partial charge in [-0.3, -0.25) is 4.98 Å². The van der Waals surface area contributed by atoms with Gasteiger partial charge >= 0.3 is 0 Å². The lowest BCUT2D eigenvalue weighted by Gasteiger charge is -2.00. The van der Waals surface area contributed by atoms with Crippen LogP contribution < -0.4 is 0 Å². The zero-order chi connectivity index (χ0) is 10.1. The standard InChI is InChI=1S/C12H19NS/c1-2-14-11-5-3-4-6-12-7-9-13-10-8-12/h7-10H,2-6,11H2,1H3. The van der Waals surface area contributed by atoms with Gasteiger partial charge in [-0.05, 0) is 48.5 Å². The molecule has 0 amide bonds. The molecule has 14 heavy (non-hydrogen) atoms. The summed E-state index contributed by atoms with van der Waals surface area (Å²) in [5.41, 5.74) is 1.42. The Labute approximate surface area is 91.3 Å². The van der Waals surface area contributed by atoms with Crippen molar-refractivity contribution >= 4 is 11.8 Å². The summed E-state index contributed by atoms with van der Waals surface area (Å²) in [7, 11) is 0. The molecule has 1 heterocycles. The van der Waals surface area contributed by atoms with Gasteiger partial charge in [0.2, 0.25) is 0 Å². The third-order valence-electron chi connectivity index (χ3n) is 2.21. The van der Waals surface area contributed by atoms with Crippen LogP contribution in [-0.2, 0) is 6.42 Å². The Balaban J connectivity index is 1.99. The minimum Gasteiger partial charge on any atom is -0.265 e. The number of unbranched alkanes of at least 4 members (excludes halogenated alkanes) is 2. The van der Waals surface area contributed by atoms with Gasteiger partial charge in [0.25, 0.3) is 0 Å². The van der Waals surface area contributed by atoms with Gasteiger partial charge < -0.3 is 0 Å². The van der Waals surface area contributed by atoms with Crippen LogP contribution >= 0.6 is 11.8 Å². The highest BCUT2D eigenvalue weighted by Crippen LogP contribution is 2.08. The van der Waals surface area contributed by atoms with E-state index >= 15 is 0 Å². The summed E-state index contributed by atoms with van der Waals surface area (Å²) in [4.78, 5) is 4.01. The highest BCUT2D eigenvalue weighted by Gasteiger charge is 1.92. The lowest BCUT2D eigenvalue weighted by Crippen LogP contribution is -1.87. The molecule has 1 aromatic rings. The first-order valence-corrected chi connectivity index (χ1v) is 6.55. The molecule has 0 N–H and O–H groups in total. The first-order valence-electron chi connectivity index (χ1n) is 5.40. The van der Waals surface area contributed by atoms with Crippen molar-refractivity contribution in [1.29, 1.82) is 0 Å². The minimum absolute atomic E-state index is 1.21. The maximum Gasteiger partial charge on any atom is 0.0270 e. The molecule has 0 saturated carbocycles. The van der Waals surface area contributed by atoms with Crippen molar-refractivity contribution in [3.63, 3.8) is 0 Å². The quantitative estimate of drug-likeness (QED) is 0.637. The summed E-state index contributed by atoms with van der Waals surface area (Å²) < 4.78 is 0. The summed E-state index contributed by atoms with van der Waals surface area (Å²) in [6, 6.07) is 4.22. The molecule has 0 atom stereocenters. The van der Waals surface area contributed by atoms with Crippen LogP contribution in [0.4, 0.5) is 0 Å². The van der Waals surface area contributed by atoms with Crippen molar-refractivity contribution in [2.24, 2.45) is 0 Å². The Hall–Kier alpha value is -0.500. The topological polar surface area (TPSA) is 12.9 Å². The molecular weight excluding hydrogens is 190 g/mol. The SMILES string of the molecule is CCSCCCCCc1ccncc1. The lowest BCUT2D eigenvalue weighted by molar-refractivity contribution is 0.722. The van der Waals surface area contributed by atoms with Crippen LogP contribution in [0, 0.1) is 0 Å². The van der Waals surface area contributed by atoms with Gasteiger partial charge in [-0.2, -0.15) is 11.8 Å². The van der Waals surface area contributed by atoms with Crippen molar-refractivity contribution in [2.45, 2.75) is 32.6 Å². The maximum absolute atomic E-state index is 4.01. The van der Waals surface area contributed by atoms with Crippen LogP contribution in [0.2, 0.25) is 0 Å². The van der Waals surface area contributed by atoms with E-state index in [1.165, 1.54) is 42.8 Å². The fourth-order valence-electron chi connectivity index (χ4n) is 1.40. The van der Waals surface area contributed by atoms with E-state index in [1.54, 1.807) is 0 Å². The predicted molar refractivity (Wildman–Crippen MR) is 64.8 cm³/mol. The Kier molecular flexibility index (Phi) is 6.50. The lowest BCUT2D eigenvalue weighted by atomic mass is 10.1. The second kappa shape index (κ2) is 7.86. The molecule has 0 aliphatic rings. The number of aryl methyl sites for hydroxylation is 1. The fourth-order valence-corrected chi connectivity index (χ4v) is 2.10. The van der Waals surface area contributed by atoms with Crippen LogP contribution in [0.25, 0.3) is 0 Å². The average Bonchev–Trinajstić information content (AvgIpc) is 2.25. The van der Waals surface area contributed by atoms with E-state index in [1.807, 2.05) is 24.2 Å². The number of aromatic nitrogens is 1. The molecule has 0 aliphatic carbocycles. The number of pyridine rings is 1. The Morgan fingerprint density at radius 1 is 1.14 bits per heavy atom. The Bertz CT molecular complexity index is 223. The smallest absolute Gasteiger partial charge is 0.0270 e. The Morgan fingerprint density at radius 2 is 1.93 bits per heavy atom. The molecule has 1 nitrogen and oxygen atoms in total. The molecule has 0 unspecified atom stereocenters. The number of nitrogens with zero attached hydrogens (tertiary/aromatic N) is 1. The molecule has 0 spiro atoms. The molecule has 0 bridgehead atoms. The normalized spacial score (nSPS) is 10.4. The summed E-state index contributed by atoms with van der Waals surface area (Å²) in [6.45, 7) is 2.22. The molecule has 1 rings (SSSR count). The molecular formula is C12H19NS. The predicted octanol–water partition coefficient (Wildman–Crippen LogP) is 3.55. The first-order chi connectivity index (χ1) is 6.93. The van der Waals surface area contributed by atoms with E-state index in [0.717, 1.165) is 0 Å². The second-order valence-corrected chi connectivity index (χ2v) is 4.76. The molecule has 0 aromatic carbocycles. The minimum atomic E-state index is 1.21. The van der Waals surface area contributed by atoms with Gasteiger partial charge in [-0.1, -0.05) is 13.3 Å². The summed E-state index contributed by atoms with van der Waals surface area (Å²) >= 11 is 2.04. The van der Waals surface area contributed by atoms with Crippen molar-refractivity contribution < 1.29 is 0 Å². The zero-order valence-corrected chi connectivity index (χ0v) is 9.72. The highest BCUT2D eigenvalue weighted by molar-refractivity contribution is 7.99. The summed E-state index contributed by atoms with van der Waals surface area (Å²) in [5, 5.41) is 0. The number of rotatable bonds is 7. The van der Waals surface area contributed by atoms with Crippen LogP contribution in [-0.4, -0.2) is 16.5 Å². The third kappa shape index (κ3) is 5.28. The maximum atomic E-state index is 4.01. The largest absolute Gasteiger partial charge is 0.265 e. The molecule has 0 saturated heterocycles. The van der Waals surface area contributed by atoms with Gasteiger partial charge in [-0.15, -0.1) is 0 Å². The van der Waals surface area contributed by atoms with E-state index in [2.05, 4.69) is 24.0 Å². The average molecular weight is 209 g/mol. The molecule has 0 fully saturated rings. The van der Waals surface area contributed by atoms with E-state index in [-0.39, 0.29) is 0 Å². The van der Waals surface area contributed by atoms with Crippen molar-refractivity contribution in [1.82, 2.24) is 4.98 Å². The molecule has 78 valence electrons. The first kappa shape index (κ1) is 11.6. The van der Waals surface area contributed by atoms with Gasteiger partial charge in [0.15, 0.2) is 0 Å². The van der Waals surface area contributed by atoms with Crippen molar-refractivity contribution in [3.05, 3.63) is 30.1 Å². The van der Waals surface area contributed by atoms with Crippen LogP contribution in [0.15, 0.2) is 24.5 Å². The van der Waals surface area contributed by atoms with E-state index in [9.17, 15) is 0 Å². The zero-order valence-electron chi connectivity index (χ0n) is 8.91. The van der Waals surface area contributed by atoms with Crippen molar-refractivity contribution in [3.8, 4) is 0 Å². The number of hydrogen-bond acceptors (Lipinski definition) is 2. The van der Waals surface area contributed by atoms with E-state index in [0.29, 0.717) is 0 Å². The second-order valence-electron chi connectivity index (χ2n) is 3.36. The van der Waals surface area contributed by atoms with E-state index < -0.39 is 0 Å². The molecule has 0 aliphatic heterocycles. The number of hydrogen-bond donors (Lipinski definition) is 0. The Morgan fingerprint density at radius 3 is 2.64 bits per heavy atom. The third-order valence-corrected chi connectivity index (χ3v) is 3.19. The number of thioether (sulfide) groups is 1. The fraction of sp³-hybridized carbons (Fsp3) is 0.583. The highest BCUT2D eigenvalue weighted by atomic mass is 32.2. The summed E-state index contributed by atoms with van der Waals surface area (Å²) in [5.74, 6) is 2.58. The molecule has 0 radical (unpaired) electrons. The van der Waals surface area contributed by atoms with Gasteiger partial charge in [0, 0.05) is 12.4 Å². The van der Waals surface area contributed by atoms with Crippen molar-refractivity contribution in [2.75, 3.05) is 11.5 Å². The van der Waals surface area contributed by atoms with Crippen LogP contribution in [0.1, 0.15) is 31.7 Å². The van der Waals surface area contributed by atoms with Gasteiger partial charge in [0.05, 0.1) is 0 Å². The molecule has 1 aromatic heterocycles. The van der Waals surface area contributed by atoms with Gasteiger partial charge in [-0.25, -0.2) is 0 Å². The van der Waals surface area contributed by atoms with E-state index in [4.69, 9.17) is 0 Å². The van der Waals surface area contributed by atoms with Crippen LogP contribution in [0.5, 0.6) is 0 Å².